The Kier molecular flexibility index (Phi) is 3.26. The van der Waals surface area contributed by atoms with E-state index in [2.05, 4.69) is 45.8 Å². The van der Waals surface area contributed by atoms with Crippen molar-refractivity contribution in [1.29, 1.82) is 0 Å². The van der Waals surface area contributed by atoms with E-state index >= 15 is 0 Å². The minimum atomic E-state index is 0.144. The summed E-state index contributed by atoms with van der Waals surface area (Å²) >= 11 is 3.88. The monoisotopic (exact) mass is 408 g/mol. The maximum absolute atomic E-state index is 12.6. The van der Waals surface area contributed by atoms with Crippen LogP contribution in [0.3, 0.4) is 0 Å². The van der Waals surface area contributed by atoms with E-state index in [1.165, 1.54) is 22.2 Å². The topological polar surface area (TPSA) is 36.1 Å². The molecule has 0 aliphatic carbocycles. The zero-order valence-corrected chi connectivity index (χ0v) is 14.2. The summed E-state index contributed by atoms with van der Waals surface area (Å²) in [6, 6.07) is 10.3. The van der Waals surface area contributed by atoms with Crippen LogP contribution in [-0.2, 0) is 13.0 Å². The van der Waals surface area contributed by atoms with Gasteiger partial charge in [-0.1, -0.05) is 18.2 Å². The van der Waals surface area contributed by atoms with Gasteiger partial charge in [-0.3, -0.25) is 4.79 Å². The highest BCUT2D eigenvalue weighted by Gasteiger charge is 2.25. The van der Waals surface area contributed by atoms with Gasteiger partial charge in [-0.05, 0) is 34.7 Å². The molecule has 3 heterocycles. The third kappa shape index (κ3) is 2.28. The molecule has 5 heteroatoms. The average molecular weight is 408 g/mol. The van der Waals surface area contributed by atoms with Crippen LogP contribution in [0.4, 0.5) is 0 Å². The van der Waals surface area contributed by atoms with Crippen molar-refractivity contribution in [2.45, 2.75) is 13.0 Å². The Morgan fingerprint density at radius 2 is 2.19 bits per heavy atom. The highest BCUT2D eigenvalue weighted by molar-refractivity contribution is 14.1. The Morgan fingerprint density at radius 1 is 1.33 bits per heavy atom. The molecule has 0 atom stereocenters. The number of carbonyl (C=O) groups excluding carboxylic acids is 1. The van der Waals surface area contributed by atoms with E-state index in [0.29, 0.717) is 6.54 Å². The summed E-state index contributed by atoms with van der Waals surface area (Å²) in [6.45, 7) is 1.48. The SMILES string of the molecule is O=C(c1csc(I)c1)N1CCc2[nH]c3ccccc3c2C1. The molecule has 0 bridgehead atoms. The molecule has 3 nitrogen and oxygen atoms in total. The molecule has 1 amide bonds. The van der Waals surface area contributed by atoms with Crippen LogP contribution in [0.15, 0.2) is 35.7 Å². The number of fused-ring (bicyclic) bond motifs is 3. The molecule has 1 aliphatic heterocycles. The van der Waals surface area contributed by atoms with Gasteiger partial charge in [0.25, 0.3) is 5.91 Å². The van der Waals surface area contributed by atoms with E-state index in [9.17, 15) is 4.79 Å². The number of thiophene rings is 1. The molecular formula is C16H13IN2OS. The van der Waals surface area contributed by atoms with Gasteiger partial charge in [0, 0.05) is 47.1 Å². The predicted octanol–water partition coefficient (Wildman–Crippen LogP) is 4.03. The number of nitrogens with one attached hydrogen (secondary N) is 1. The fourth-order valence-corrected chi connectivity index (χ4v) is 4.26. The lowest BCUT2D eigenvalue weighted by Gasteiger charge is -2.27. The summed E-state index contributed by atoms with van der Waals surface area (Å²) in [7, 11) is 0. The first-order chi connectivity index (χ1) is 10.2. The van der Waals surface area contributed by atoms with Crippen LogP contribution in [0.25, 0.3) is 10.9 Å². The van der Waals surface area contributed by atoms with Crippen LogP contribution >= 0.6 is 33.9 Å². The lowest BCUT2D eigenvalue weighted by Crippen LogP contribution is -2.35. The first-order valence-electron chi connectivity index (χ1n) is 6.84. The summed E-state index contributed by atoms with van der Waals surface area (Å²) in [5.74, 6) is 0.144. The van der Waals surface area contributed by atoms with Crippen molar-refractivity contribution in [3.05, 3.63) is 55.4 Å². The van der Waals surface area contributed by atoms with Crippen molar-refractivity contribution in [2.75, 3.05) is 6.54 Å². The zero-order chi connectivity index (χ0) is 14.4. The van der Waals surface area contributed by atoms with E-state index in [1.807, 2.05) is 22.4 Å². The molecule has 1 aliphatic rings. The maximum Gasteiger partial charge on any atom is 0.255 e. The Balaban J connectivity index is 1.68. The highest BCUT2D eigenvalue weighted by atomic mass is 127. The van der Waals surface area contributed by atoms with Crippen LogP contribution in [-0.4, -0.2) is 22.3 Å². The van der Waals surface area contributed by atoms with E-state index < -0.39 is 0 Å². The first-order valence-corrected chi connectivity index (χ1v) is 8.80. The summed E-state index contributed by atoms with van der Waals surface area (Å²) in [5.41, 5.74) is 4.53. The number of para-hydroxylation sites is 1. The zero-order valence-electron chi connectivity index (χ0n) is 11.2. The van der Waals surface area contributed by atoms with Crippen molar-refractivity contribution < 1.29 is 4.79 Å². The molecule has 0 saturated heterocycles. The molecule has 0 unspecified atom stereocenters. The van der Waals surface area contributed by atoms with Gasteiger partial charge in [-0.2, -0.15) is 0 Å². The predicted molar refractivity (Wildman–Crippen MR) is 93.8 cm³/mol. The number of benzene rings is 1. The molecule has 21 heavy (non-hydrogen) atoms. The smallest absolute Gasteiger partial charge is 0.255 e. The molecule has 1 aromatic carbocycles. The molecule has 3 aromatic rings. The lowest BCUT2D eigenvalue weighted by atomic mass is 10.0. The molecular weight excluding hydrogens is 395 g/mol. The van der Waals surface area contributed by atoms with Crippen molar-refractivity contribution in [1.82, 2.24) is 9.88 Å². The van der Waals surface area contributed by atoms with Gasteiger partial charge in [0.1, 0.15) is 0 Å². The molecule has 0 saturated carbocycles. The molecule has 1 N–H and O–H groups in total. The van der Waals surface area contributed by atoms with Gasteiger partial charge in [0.2, 0.25) is 0 Å². The second-order valence-corrected chi connectivity index (χ2v) is 8.05. The van der Waals surface area contributed by atoms with E-state index in [1.54, 1.807) is 11.3 Å². The van der Waals surface area contributed by atoms with Crippen molar-refractivity contribution in [3.63, 3.8) is 0 Å². The van der Waals surface area contributed by atoms with Gasteiger partial charge < -0.3 is 9.88 Å². The van der Waals surface area contributed by atoms with Gasteiger partial charge in [-0.25, -0.2) is 0 Å². The third-order valence-corrected chi connectivity index (χ3v) is 5.77. The number of hydrogen-bond donors (Lipinski definition) is 1. The molecule has 2 aromatic heterocycles. The Hall–Kier alpha value is -1.34. The summed E-state index contributed by atoms with van der Waals surface area (Å²) in [4.78, 5) is 18.0. The third-order valence-electron chi connectivity index (χ3n) is 3.98. The van der Waals surface area contributed by atoms with E-state index in [4.69, 9.17) is 0 Å². The van der Waals surface area contributed by atoms with Crippen molar-refractivity contribution in [3.8, 4) is 0 Å². The number of H-pyrrole nitrogens is 1. The lowest BCUT2D eigenvalue weighted by molar-refractivity contribution is 0.0735. The number of carbonyl (C=O) groups is 1. The first kappa shape index (κ1) is 13.3. The van der Waals surface area contributed by atoms with Crippen molar-refractivity contribution >= 4 is 50.7 Å². The minimum absolute atomic E-state index is 0.144. The molecule has 4 rings (SSSR count). The highest BCUT2D eigenvalue weighted by Crippen LogP contribution is 2.28. The molecule has 0 fully saturated rings. The van der Waals surface area contributed by atoms with Gasteiger partial charge in [0.15, 0.2) is 0 Å². The van der Waals surface area contributed by atoms with Crippen molar-refractivity contribution in [2.24, 2.45) is 0 Å². The number of aromatic amines is 1. The fourth-order valence-electron chi connectivity index (χ4n) is 2.94. The largest absolute Gasteiger partial charge is 0.358 e. The number of nitrogens with zero attached hydrogens (tertiary/aromatic N) is 1. The van der Waals surface area contributed by atoms with Gasteiger partial charge in [0.05, 0.1) is 8.45 Å². The number of amides is 1. The molecule has 0 spiro atoms. The number of rotatable bonds is 1. The van der Waals surface area contributed by atoms with Crippen LogP contribution in [0.1, 0.15) is 21.6 Å². The Morgan fingerprint density at radius 3 is 3.00 bits per heavy atom. The quantitative estimate of drug-likeness (QED) is 0.607. The number of hydrogen-bond acceptors (Lipinski definition) is 2. The van der Waals surface area contributed by atoms with E-state index in [0.717, 1.165) is 21.4 Å². The van der Waals surface area contributed by atoms with E-state index in [-0.39, 0.29) is 5.91 Å². The van der Waals surface area contributed by atoms with Gasteiger partial charge in [-0.15, -0.1) is 11.3 Å². The minimum Gasteiger partial charge on any atom is -0.358 e. The summed E-state index contributed by atoms with van der Waals surface area (Å²) in [6.07, 6.45) is 0.900. The fraction of sp³-hybridized carbons (Fsp3) is 0.188. The second-order valence-electron chi connectivity index (χ2n) is 5.24. The Labute approximate surface area is 140 Å². The van der Waals surface area contributed by atoms with Crippen LogP contribution in [0.5, 0.6) is 0 Å². The normalized spacial score (nSPS) is 14.4. The summed E-state index contributed by atoms with van der Waals surface area (Å²) in [5, 5.41) is 3.19. The number of aromatic nitrogens is 1. The average Bonchev–Trinajstić information content (AvgIpc) is 3.09. The number of halogens is 1. The van der Waals surface area contributed by atoms with Crippen LogP contribution in [0.2, 0.25) is 0 Å². The van der Waals surface area contributed by atoms with Crippen LogP contribution < -0.4 is 0 Å². The Bertz CT molecular complexity index is 836. The maximum atomic E-state index is 12.6. The molecule has 0 radical (unpaired) electrons. The summed E-state index contributed by atoms with van der Waals surface area (Å²) < 4.78 is 1.15. The van der Waals surface area contributed by atoms with Crippen LogP contribution in [0, 0.1) is 2.88 Å². The standard InChI is InChI=1S/C16H13IN2OS/c17-15-7-10(9-21-15)16(20)19-6-5-14-12(8-19)11-3-1-2-4-13(11)18-14/h1-4,7,9,18H,5-6,8H2. The van der Waals surface area contributed by atoms with Gasteiger partial charge >= 0.3 is 0 Å². The second kappa shape index (κ2) is 5.14. The molecule has 106 valence electrons.